The molecule has 0 aliphatic heterocycles. The summed E-state index contributed by atoms with van der Waals surface area (Å²) in [7, 11) is 0. The van der Waals surface area contributed by atoms with Crippen molar-refractivity contribution in [2.45, 2.75) is 58.3 Å². The first-order chi connectivity index (χ1) is 9.25. The number of aromatic amines is 1. The molecule has 1 rings (SSSR count). The van der Waals surface area contributed by atoms with Crippen LogP contribution < -0.4 is 5.84 Å². The molecule has 0 aromatic carbocycles. The van der Waals surface area contributed by atoms with Crippen LogP contribution in [0, 0.1) is 0 Å². The monoisotopic (exact) mass is 266 g/mol. The molecular formula is C14H26N4O. The first-order valence-electron chi connectivity index (χ1n) is 7.31. The van der Waals surface area contributed by atoms with Gasteiger partial charge in [0.1, 0.15) is 0 Å². The molecule has 0 saturated carbocycles. The summed E-state index contributed by atoms with van der Waals surface area (Å²) in [5.41, 5.74) is 0.516. The van der Waals surface area contributed by atoms with Crippen LogP contribution in [0.4, 0.5) is 0 Å². The predicted octanol–water partition coefficient (Wildman–Crippen LogP) is 2.87. The molecular weight excluding hydrogens is 240 g/mol. The molecule has 0 saturated heterocycles. The van der Waals surface area contributed by atoms with Gasteiger partial charge in [-0.3, -0.25) is 14.9 Å². The standard InChI is InChI=1S/C14H26N4O/c1-2-3-4-5-6-7-8-9-10-18(15)14(19)13-11-16-17-12-13/h11-12H,2-10,15H2,1H3,(H,16,17). The number of aromatic nitrogens is 2. The molecule has 0 fully saturated rings. The summed E-state index contributed by atoms with van der Waals surface area (Å²) in [5.74, 6) is 5.56. The largest absolute Gasteiger partial charge is 0.285 e. The highest BCUT2D eigenvalue weighted by molar-refractivity contribution is 5.93. The number of carbonyl (C=O) groups is 1. The Labute approximate surface area is 115 Å². The van der Waals surface area contributed by atoms with Crippen molar-refractivity contribution in [1.82, 2.24) is 15.2 Å². The molecule has 108 valence electrons. The SMILES string of the molecule is CCCCCCCCCCN(N)C(=O)c1cn[nH]c1. The third-order valence-corrected chi connectivity index (χ3v) is 3.26. The van der Waals surface area contributed by atoms with E-state index >= 15 is 0 Å². The highest BCUT2D eigenvalue weighted by Gasteiger charge is 2.12. The summed E-state index contributed by atoms with van der Waals surface area (Å²) in [4.78, 5) is 11.8. The van der Waals surface area contributed by atoms with E-state index in [1.54, 1.807) is 6.20 Å². The number of hydrogen-bond donors (Lipinski definition) is 2. The molecule has 0 bridgehead atoms. The van der Waals surface area contributed by atoms with E-state index in [9.17, 15) is 4.79 Å². The maximum atomic E-state index is 11.8. The van der Waals surface area contributed by atoms with Crippen LogP contribution in [0.2, 0.25) is 0 Å². The van der Waals surface area contributed by atoms with Crippen molar-refractivity contribution in [3.05, 3.63) is 18.0 Å². The Morgan fingerprint density at radius 3 is 2.42 bits per heavy atom. The number of H-pyrrole nitrogens is 1. The fraction of sp³-hybridized carbons (Fsp3) is 0.714. The summed E-state index contributed by atoms with van der Waals surface area (Å²) >= 11 is 0. The van der Waals surface area contributed by atoms with Crippen molar-refractivity contribution in [2.75, 3.05) is 6.54 Å². The highest BCUT2D eigenvalue weighted by Crippen LogP contribution is 2.09. The lowest BCUT2D eigenvalue weighted by molar-refractivity contribution is 0.0752. The lowest BCUT2D eigenvalue weighted by atomic mass is 10.1. The van der Waals surface area contributed by atoms with E-state index in [-0.39, 0.29) is 5.91 Å². The number of rotatable bonds is 10. The summed E-state index contributed by atoms with van der Waals surface area (Å²) in [6.45, 7) is 2.84. The summed E-state index contributed by atoms with van der Waals surface area (Å²) < 4.78 is 0. The van der Waals surface area contributed by atoms with Gasteiger partial charge in [0.15, 0.2) is 0 Å². The van der Waals surface area contributed by atoms with Crippen molar-refractivity contribution in [3.63, 3.8) is 0 Å². The van der Waals surface area contributed by atoms with Crippen molar-refractivity contribution >= 4 is 5.91 Å². The van der Waals surface area contributed by atoms with Crippen molar-refractivity contribution in [1.29, 1.82) is 0 Å². The Morgan fingerprint density at radius 1 is 1.21 bits per heavy atom. The second-order valence-corrected chi connectivity index (χ2v) is 4.96. The molecule has 1 aromatic heterocycles. The molecule has 1 heterocycles. The normalized spacial score (nSPS) is 10.6. The molecule has 5 nitrogen and oxygen atoms in total. The molecule has 0 radical (unpaired) electrons. The number of nitrogens with one attached hydrogen (secondary N) is 1. The molecule has 0 spiro atoms. The molecule has 0 unspecified atom stereocenters. The molecule has 3 N–H and O–H groups in total. The number of nitrogens with zero attached hydrogens (tertiary/aromatic N) is 2. The van der Waals surface area contributed by atoms with Crippen LogP contribution in [0.1, 0.15) is 68.6 Å². The van der Waals surface area contributed by atoms with Crippen LogP contribution in [0.5, 0.6) is 0 Å². The van der Waals surface area contributed by atoms with Crippen LogP contribution in [-0.2, 0) is 0 Å². The fourth-order valence-electron chi connectivity index (χ4n) is 2.05. The van der Waals surface area contributed by atoms with Crippen LogP contribution >= 0.6 is 0 Å². The average Bonchev–Trinajstić information content (AvgIpc) is 2.94. The first kappa shape index (κ1) is 15.7. The second-order valence-electron chi connectivity index (χ2n) is 4.96. The maximum Gasteiger partial charge on any atom is 0.270 e. The van der Waals surface area contributed by atoms with E-state index in [0.717, 1.165) is 12.8 Å². The summed E-state index contributed by atoms with van der Waals surface area (Å²) in [5, 5.41) is 7.64. The third kappa shape index (κ3) is 6.38. The molecule has 1 amide bonds. The van der Waals surface area contributed by atoms with Crippen molar-refractivity contribution in [2.24, 2.45) is 5.84 Å². The van der Waals surface area contributed by atoms with Gasteiger partial charge in [0.25, 0.3) is 5.91 Å². The van der Waals surface area contributed by atoms with Crippen molar-refractivity contribution < 1.29 is 4.79 Å². The lowest BCUT2D eigenvalue weighted by Crippen LogP contribution is -2.37. The Hall–Kier alpha value is -1.36. The minimum atomic E-state index is -0.170. The van der Waals surface area contributed by atoms with E-state index in [4.69, 9.17) is 5.84 Å². The van der Waals surface area contributed by atoms with Gasteiger partial charge in [-0.15, -0.1) is 0 Å². The minimum Gasteiger partial charge on any atom is -0.285 e. The smallest absolute Gasteiger partial charge is 0.270 e. The van der Waals surface area contributed by atoms with Gasteiger partial charge in [-0.05, 0) is 6.42 Å². The molecule has 1 aromatic rings. The van der Waals surface area contributed by atoms with E-state index in [0.29, 0.717) is 12.1 Å². The number of hydrazine groups is 1. The van der Waals surface area contributed by atoms with Gasteiger partial charge >= 0.3 is 0 Å². The molecule has 0 aliphatic rings. The van der Waals surface area contributed by atoms with E-state index in [2.05, 4.69) is 17.1 Å². The minimum absolute atomic E-state index is 0.170. The second kappa shape index (κ2) is 9.55. The molecule has 0 atom stereocenters. The number of nitrogens with two attached hydrogens (primary N) is 1. The maximum absolute atomic E-state index is 11.8. The van der Waals surface area contributed by atoms with Gasteiger partial charge in [-0.2, -0.15) is 5.10 Å². The van der Waals surface area contributed by atoms with Gasteiger partial charge in [0.05, 0.1) is 11.8 Å². The fourth-order valence-corrected chi connectivity index (χ4v) is 2.05. The Balaban J connectivity index is 2.01. The topological polar surface area (TPSA) is 75.0 Å². The van der Waals surface area contributed by atoms with Gasteiger partial charge in [0.2, 0.25) is 0 Å². The molecule has 0 aliphatic carbocycles. The Kier molecular flexibility index (Phi) is 7.89. The number of unbranched alkanes of at least 4 members (excludes halogenated alkanes) is 7. The van der Waals surface area contributed by atoms with E-state index in [1.807, 2.05) is 0 Å². The van der Waals surface area contributed by atoms with E-state index < -0.39 is 0 Å². The zero-order valence-electron chi connectivity index (χ0n) is 11.9. The first-order valence-corrected chi connectivity index (χ1v) is 7.31. The van der Waals surface area contributed by atoms with Crippen LogP contribution in [-0.4, -0.2) is 27.7 Å². The van der Waals surface area contributed by atoms with Crippen LogP contribution in [0.3, 0.4) is 0 Å². The number of carbonyl (C=O) groups excluding carboxylic acids is 1. The zero-order valence-corrected chi connectivity index (χ0v) is 11.9. The Bertz CT molecular complexity index is 337. The van der Waals surface area contributed by atoms with Gasteiger partial charge in [-0.1, -0.05) is 51.9 Å². The average molecular weight is 266 g/mol. The Morgan fingerprint density at radius 2 is 1.84 bits per heavy atom. The number of hydrogen-bond acceptors (Lipinski definition) is 3. The number of amides is 1. The van der Waals surface area contributed by atoms with Gasteiger partial charge < -0.3 is 0 Å². The van der Waals surface area contributed by atoms with Crippen LogP contribution in [0.15, 0.2) is 12.4 Å². The van der Waals surface area contributed by atoms with Crippen LogP contribution in [0.25, 0.3) is 0 Å². The zero-order chi connectivity index (χ0) is 13.9. The van der Waals surface area contributed by atoms with Gasteiger partial charge in [-0.25, -0.2) is 5.84 Å². The summed E-state index contributed by atoms with van der Waals surface area (Å²) in [6, 6.07) is 0. The molecule has 5 heteroatoms. The summed E-state index contributed by atoms with van der Waals surface area (Å²) in [6.07, 6.45) is 13.0. The van der Waals surface area contributed by atoms with E-state index in [1.165, 1.54) is 49.7 Å². The predicted molar refractivity (Wildman–Crippen MR) is 76.4 cm³/mol. The van der Waals surface area contributed by atoms with Gasteiger partial charge in [0, 0.05) is 12.7 Å². The van der Waals surface area contributed by atoms with Crippen molar-refractivity contribution in [3.8, 4) is 0 Å². The third-order valence-electron chi connectivity index (χ3n) is 3.26. The highest BCUT2D eigenvalue weighted by atomic mass is 16.2. The lowest BCUT2D eigenvalue weighted by Gasteiger charge is -2.15. The molecule has 19 heavy (non-hydrogen) atoms. The quantitative estimate of drug-likeness (QED) is 0.296.